The highest BCUT2D eigenvalue weighted by Gasteiger charge is 2.16. The Morgan fingerprint density at radius 3 is 2.42 bits per heavy atom. The summed E-state index contributed by atoms with van der Waals surface area (Å²) in [5.74, 6) is 0.893. The normalized spacial score (nSPS) is 11.5. The average Bonchev–Trinajstić information content (AvgIpc) is 3.12. The topological polar surface area (TPSA) is 83.9 Å². The second kappa shape index (κ2) is 9.02. The quantitative estimate of drug-likeness (QED) is 0.478. The van der Waals surface area contributed by atoms with Gasteiger partial charge in [-0.15, -0.1) is 0 Å². The van der Waals surface area contributed by atoms with Crippen LogP contribution in [0.15, 0.2) is 59.5 Å². The maximum Gasteiger partial charge on any atom is 0.328 e. The van der Waals surface area contributed by atoms with E-state index in [0.29, 0.717) is 35.0 Å². The fraction of sp³-hybridized carbons (Fsp3) is 0.308. The third-order valence-corrected chi connectivity index (χ3v) is 5.97. The number of amides is 1. The lowest BCUT2D eigenvalue weighted by molar-refractivity contribution is 0.0755. The first kappa shape index (κ1) is 22.5. The van der Waals surface area contributed by atoms with Crippen LogP contribution in [-0.4, -0.2) is 43.4 Å². The summed E-state index contributed by atoms with van der Waals surface area (Å²) >= 11 is 0. The Hall–Kier alpha value is -3.74. The molecule has 7 heteroatoms. The fourth-order valence-corrected chi connectivity index (χ4v) is 3.80. The zero-order valence-corrected chi connectivity index (χ0v) is 19.7. The van der Waals surface area contributed by atoms with Crippen LogP contribution < -0.4 is 5.69 Å². The number of aromatic nitrogens is 4. The van der Waals surface area contributed by atoms with E-state index in [4.69, 9.17) is 4.98 Å². The molecule has 0 aliphatic carbocycles. The molecule has 0 bridgehead atoms. The summed E-state index contributed by atoms with van der Waals surface area (Å²) in [6.45, 7) is 8.57. The number of carbonyl (C=O) groups is 1. The molecule has 2 aromatic carbocycles. The number of carbonyl (C=O) groups excluding carboxylic acids is 1. The number of rotatable bonds is 6. The molecule has 0 fully saturated rings. The molecule has 2 aromatic heterocycles. The predicted octanol–water partition coefficient (Wildman–Crippen LogP) is 4.44. The van der Waals surface area contributed by atoms with Gasteiger partial charge in [-0.2, -0.15) is 0 Å². The lowest BCUT2D eigenvalue weighted by atomic mass is 9.97. The van der Waals surface area contributed by atoms with Crippen molar-refractivity contribution in [3.05, 3.63) is 81.9 Å². The largest absolute Gasteiger partial charge is 0.339 e. The van der Waals surface area contributed by atoms with E-state index in [9.17, 15) is 9.59 Å². The minimum atomic E-state index is -0.242. The number of imidazole rings is 1. The summed E-state index contributed by atoms with van der Waals surface area (Å²) in [6.07, 6.45) is 1.66. The number of hydrogen-bond donors (Lipinski definition) is 1. The zero-order chi connectivity index (χ0) is 23.7. The number of nitrogens with zero attached hydrogens (tertiary/aromatic N) is 4. The maximum absolute atomic E-state index is 12.7. The van der Waals surface area contributed by atoms with E-state index in [0.717, 1.165) is 16.7 Å². The molecule has 0 aliphatic heterocycles. The second-order valence-corrected chi connectivity index (χ2v) is 8.90. The van der Waals surface area contributed by atoms with Gasteiger partial charge in [0.15, 0.2) is 11.5 Å². The van der Waals surface area contributed by atoms with Crippen molar-refractivity contribution in [2.45, 2.75) is 46.2 Å². The highest BCUT2D eigenvalue weighted by molar-refractivity contribution is 5.94. The van der Waals surface area contributed by atoms with E-state index in [1.54, 1.807) is 34.8 Å². The van der Waals surface area contributed by atoms with Crippen molar-refractivity contribution in [2.24, 2.45) is 0 Å². The molecule has 0 saturated carbocycles. The summed E-state index contributed by atoms with van der Waals surface area (Å²) in [7, 11) is 1.79. The molecule has 4 rings (SSSR count). The van der Waals surface area contributed by atoms with Crippen molar-refractivity contribution in [2.75, 3.05) is 7.05 Å². The Morgan fingerprint density at radius 2 is 1.76 bits per heavy atom. The molecule has 0 atom stereocenters. The molecule has 170 valence electrons. The standard InChI is InChI=1S/C26H29N5O2/c1-16(2)20-8-6-7-9-21(20)23-27-14-22-24(29-23)31(26(33)28-22)15-18-10-12-19(13-11-18)25(32)30(5)17(3)4/h6-14,16-17H,15H2,1-5H3,(H,28,33). The molecule has 1 amide bonds. The summed E-state index contributed by atoms with van der Waals surface area (Å²) in [5, 5.41) is 0. The third kappa shape index (κ3) is 4.44. The van der Waals surface area contributed by atoms with E-state index in [1.165, 1.54) is 0 Å². The Morgan fingerprint density at radius 1 is 1.06 bits per heavy atom. The first-order valence-electron chi connectivity index (χ1n) is 11.2. The second-order valence-electron chi connectivity index (χ2n) is 8.90. The van der Waals surface area contributed by atoms with Crippen LogP contribution in [0, 0.1) is 0 Å². The van der Waals surface area contributed by atoms with Crippen molar-refractivity contribution in [1.82, 2.24) is 24.4 Å². The van der Waals surface area contributed by atoms with Crippen LogP contribution in [0.2, 0.25) is 0 Å². The Kier molecular flexibility index (Phi) is 6.14. The summed E-state index contributed by atoms with van der Waals surface area (Å²) in [6, 6.07) is 15.6. The van der Waals surface area contributed by atoms with Gasteiger partial charge in [0.25, 0.3) is 5.91 Å². The first-order chi connectivity index (χ1) is 15.8. The number of hydrogen-bond acceptors (Lipinski definition) is 4. The van der Waals surface area contributed by atoms with Crippen LogP contribution in [0.4, 0.5) is 0 Å². The molecule has 4 aromatic rings. The van der Waals surface area contributed by atoms with Crippen LogP contribution >= 0.6 is 0 Å². The zero-order valence-electron chi connectivity index (χ0n) is 19.7. The highest BCUT2D eigenvalue weighted by Crippen LogP contribution is 2.27. The summed E-state index contributed by atoms with van der Waals surface area (Å²) in [5.41, 5.74) is 4.56. The van der Waals surface area contributed by atoms with Crippen molar-refractivity contribution in [3.63, 3.8) is 0 Å². The van der Waals surface area contributed by atoms with Crippen LogP contribution in [0.1, 0.15) is 55.1 Å². The van der Waals surface area contributed by atoms with E-state index in [1.807, 2.05) is 44.2 Å². The molecular weight excluding hydrogens is 414 g/mol. The first-order valence-corrected chi connectivity index (χ1v) is 11.2. The predicted molar refractivity (Wildman–Crippen MR) is 130 cm³/mol. The average molecular weight is 444 g/mol. The number of fused-ring (bicyclic) bond motifs is 1. The Balaban J connectivity index is 1.68. The number of benzene rings is 2. The molecule has 0 aliphatic rings. The number of H-pyrrole nitrogens is 1. The van der Waals surface area contributed by atoms with Gasteiger partial charge in [0.05, 0.1) is 12.7 Å². The Labute approximate surface area is 193 Å². The summed E-state index contributed by atoms with van der Waals surface area (Å²) < 4.78 is 1.61. The molecule has 2 heterocycles. The minimum absolute atomic E-state index is 0.0259. The molecule has 1 N–H and O–H groups in total. The van der Waals surface area contributed by atoms with E-state index in [2.05, 4.69) is 29.9 Å². The molecule has 7 nitrogen and oxygen atoms in total. The van der Waals surface area contributed by atoms with Crippen LogP contribution in [0.25, 0.3) is 22.6 Å². The van der Waals surface area contributed by atoms with Crippen molar-refractivity contribution >= 4 is 17.1 Å². The van der Waals surface area contributed by atoms with Gasteiger partial charge in [0.2, 0.25) is 0 Å². The molecular formula is C26H29N5O2. The number of nitrogens with one attached hydrogen (secondary N) is 1. The molecule has 0 unspecified atom stereocenters. The van der Waals surface area contributed by atoms with Gasteiger partial charge in [0.1, 0.15) is 5.52 Å². The molecule has 0 radical (unpaired) electrons. The van der Waals surface area contributed by atoms with Crippen LogP contribution in [0.3, 0.4) is 0 Å². The lowest BCUT2D eigenvalue weighted by Crippen LogP contribution is -2.32. The van der Waals surface area contributed by atoms with Crippen molar-refractivity contribution in [1.29, 1.82) is 0 Å². The van der Waals surface area contributed by atoms with Gasteiger partial charge in [-0.05, 0) is 43.0 Å². The van der Waals surface area contributed by atoms with Gasteiger partial charge in [0, 0.05) is 24.2 Å². The van der Waals surface area contributed by atoms with Crippen molar-refractivity contribution < 1.29 is 4.79 Å². The van der Waals surface area contributed by atoms with Gasteiger partial charge in [-0.1, -0.05) is 50.2 Å². The minimum Gasteiger partial charge on any atom is -0.339 e. The third-order valence-electron chi connectivity index (χ3n) is 5.97. The lowest BCUT2D eigenvalue weighted by Gasteiger charge is -2.21. The SMILES string of the molecule is CC(C)c1ccccc1-c1ncc2[nH]c(=O)n(Cc3ccc(C(=O)N(C)C(C)C)cc3)c2n1. The summed E-state index contributed by atoms with van der Waals surface area (Å²) in [4.78, 5) is 39.0. The van der Waals surface area contributed by atoms with Crippen LogP contribution in [0.5, 0.6) is 0 Å². The molecule has 33 heavy (non-hydrogen) atoms. The Bertz CT molecular complexity index is 1350. The van der Waals surface area contributed by atoms with Gasteiger partial charge in [-0.3, -0.25) is 9.36 Å². The van der Waals surface area contributed by atoms with Gasteiger partial charge in [-0.25, -0.2) is 14.8 Å². The van der Waals surface area contributed by atoms with Gasteiger partial charge >= 0.3 is 5.69 Å². The molecule has 0 saturated heterocycles. The fourth-order valence-electron chi connectivity index (χ4n) is 3.80. The van der Waals surface area contributed by atoms with E-state index >= 15 is 0 Å². The smallest absolute Gasteiger partial charge is 0.328 e. The van der Waals surface area contributed by atoms with Crippen molar-refractivity contribution in [3.8, 4) is 11.4 Å². The number of aromatic amines is 1. The van der Waals surface area contributed by atoms with E-state index in [-0.39, 0.29) is 17.6 Å². The highest BCUT2D eigenvalue weighted by atomic mass is 16.2. The van der Waals surface area contributed by atoms with E-state index < -0.39 is 0 Å². The van der Waals surface area contributed by atoms with Crippen LogP contribution in [-0.2, 0) is 6.54 Å². The van der Waals surface area contributed by atoms with Gasteiger partial charge < -0.3 is 9.88 Å². The monoisotopic (exact) mass is 443 g/mol. The molecule has 0 spiro atoms. The maximum atomic E-state index is 12.7.